The Kier molecular flexibility index (Phi) is 6.25. The monoisotopic (exact) mass is 457 g/mol. The van der Waals surface area contributed by atoms with Crippen LogP contribution in [0.5, 0.6) is 11.5 Å². The van der Waals surface area contributed by atoms with Crippen molar-refractivity contribution in [2.45, 2.75) is 0 Å². The Morgan fingerprint density at radius 1 is 1.03 bits per heavy atom. The summed E-state index contributed by atoms with van der Waals surface area (Å²) in [7, 11) is 1.43. The molecule has 0 saturated carbocycles. The molecule has 4 aromatic rings. The molecule has 0 radical (unpaired) electrons. The normalized spacial score (nSPS) is 11.1. The third kappa shape index (κ3) is 4.79. The van der Waals surface area contributed by atoms with Gasteiger partial charge in [-0.1, -0.05) is 48.0 Å². The maximum absolute atomic E-state index is 12.7. The van der Waals surface area contributed by atoms with Crippen molar-refractivity contribution in [3.05, 3.63) is 105 Å². The van der Waals surface area contributed by atoms with Gasteiger partial charge in [0.25, 0.3) is 0 Å². The Balaban J connectivity index is 1.63. The Hall–Kier alpha value is -4.34. The van der Waals surface area contributed by atoms with Crippen LogP contribution in [0.2, 0.25) is 5.02 Å². The summed E-state index contributed by atoms with van der Waals surface area (Å²) in [6.45, 7) is 0. The van der Waals surface area contributed by atoms with E-state index < -0.39 is 11.6 Å². The first-order valence-corrected chi connectivity index (χ1v) is 10.2. The van der Waals surface area contributed by atoms with Gasteiger partial charge in [-0.05, 0) is 53.6 Å². The first-order chi connectivity index (χ1) is 16.0. The molecule has 0 saturated heterocycles. The number of ether oxygens (including phenoxy) is 2. The lowest BCUT2D eigenvalue weighted by Crippen LogP contribution is -2.19. The molecular weight excluding hydrogens is 442 g/mol. The number of esters is 1. The fraction of sp³-hybridized carbons (Fsp3) is 0.0385. The first-order valence-electron chi connectivity index (χ1n) is 9.79. The molecule has 1 heterocycles. The zero-order chi connectivity index (χ0) is 23.4. The van der Waals surface area contributed by atoms with Gasteiger partial charge in [-0.2, -0.15) is 5.26 Å². The molecule has 6 nitrogen and oxygen atoms in total. The van der Waals surface area contributed by atoms with E-state index in [1.165, 1.54) is 19.2 Å². The van der Waals surface area contributed by atoms with Gasteiger partial charge in [-0.3, -0.25) is 0 Å². The number of fused-ring (bicyclic) bond motifs is 1. The lowest BCUT2D eigenvalue weighted by atomic mass is 10.0. The maximum Gasteiger partial charge on any atom is 0.351 e. The second-order valence-electron chi connectivity index (χ2n) is 6.96. The summed E-state index contributed by atoms with van der Waals surface area (Å²) in [5.74, 6) is -0.483. The summed E-state index contributed by atoms with van der Waals surface area (Å²) in [6.07, 6.45) is 1.68. The van der Waals surface area contributed by atoms with E-state index in [0.29, 0.717) is 32.7 Å². The van der Waals surface area contributed by atoms with E-state index in [1.54, 1.807) is 66.7 Å². The molecule has 4 rings (SSSR count). The van der Waals surface area contributed by atoms with Crippen LogP contribution >= 0.6 is 11.6 Å². The molecule has 0 amide bonds. The molecule has 0 aliphatic carbocycles. The number of allylic oxidation sites excluding steroid dienone is 1. The summed E-state index contributed by atoms with van der Waals surface area (Å²) in [6, 6.07) is 22.2. The fourth-order valence-corrected chi connectivity index (χ4v) is 3.32. The Labute approximate surface area is 193 Å². The number of carbonyl (C=O) groups is 1. The van der Waals surface area contributed by atoms with Crippen molar-refractivity contribution in [3.63, 3.8) is 0 Å². The van der Waals surface area contributed by atoms with Crippen LogP contribution in [0, 0.1) is 11.3 Å². The minimum Gasteiger partial charge on any atom is -0.493 e. The Bertz CT molecular complexity index is 1480. The van der Waals surface area contributed by atoms with Crippen LogP contribution in [0.4, 0.5) is 0 Å². The van der Waals surface area contributed by atoms with Gasteiger partial charge in [-0.25, -0.2) is 9.59 Å². The molecule has 0 N–H and O–H groups in total. The van der Waals surface area contributed by atoms with Gasteiger partial charge in [0.15, 0.2) is 11.5 Å². The van der Waals surface area contributed by atoms with Gasteiger partial charge in [-0.15, -0.1) is 0 Å². The van der Waals surface area contributed by atoms with E-state index in [-0.39, 0.29) is 17.1 Å². The van der Waals surface area contributed by atoms with Crippen LogP contribution in [0.25, 0.3) is 22.6 Å². The predicted octanol–water partition coefficient (Wildman–Crippen LogP) is 5.74. The minimum atomic E-state index is -0.866. The van der Waals surface area contributed by atoms with Crippen LogP contribution in [0.1, 0.15) is 21.5 Å². The molecule has 0 atom stereocenters. The average Bonchev–Trinajstić information content (AvgIpc) is 2.83. The molecule has 0 spiro atoms. The molecule has 1 aromatic heterocycles. The van der Waals surface area contributed by atoms with Crippen molar-refractivity contribution in [2.75, 3.05) is 7.11 Å². The van der Waals surface area contributed by atoms with E-state index in [1.807, 2.05) is 0 Å². The van der Waals surface area contributed by atoms with Crippen molar-refractivity contribution >= 4 is 40.2 Å². The first kappa shape index (κ1) is 21.9. The van der Waals surface area contributed by atoms with Gasteiger partial charge in [0.1, 0.15) is 11.1 Å². The van der Waals surface area contributed by atoms with Crippen LogP contribution < -0.4 is 15.1 Å². The predicted molar refractivity (Wildman–Crippen MR) is 125 cm³/mol. The quantitative estimate of drug-likeness (QED) is 0.125. The molecular formula is C26H16ClNO5. The number of nitriles is 1. The second-order valence-corrected chi connectivity index (χ2v) is 7.40. The highest BCUT2D eigenvalue weighted by Crippen LogP contribution is 2.30. The summed E-state index contributed by atoms with van der Waals surface area (Å²) >= 11 is 5.92. The standard InChI is InChI=1S/C26H16ClNO5/c1-31-24-13-16(12-19(15-28)17-7-9-20(27)10-8-17)6-11-23(24)33-26(30)21-14-18-4-2-3-5-22(18)32-25(21)29/h2-14H,1H3/b19-12-. The molecule has 3 aromatic carbocycles. The SMILES string of the molecule is COc1cc(/C=C(/C#N)c2ccc(Cl)cc2)ccc1OC(=O)c1cc2ccccc2oc1=O. The van der Waals surface area contributed by atoms with Crippen LogP contribution in [-0.4, -0.2) is 13.1 Å². The van der Waals surface area contributed by atoms with Crippen LogP contribution in [0.3, 0.4) is 0 Å². The highest BCUT2D eigenvalue weighted by atomic mass is 35.5. The number of carbonyl (C=O) groups excluding carboxylic acids is 1. The zero-order valence-corrected chi connectivity index (χ0v) is 18.1. The van der Waals surface area contributed by atoms with Crippen LogP contribution in [-0.2, 0) is 0 Å². The minimum absolute atomic E-state index is 0.122. The summed E-state index contributed by atoms with van der Waals surface area (Å²) in [5, 5.41) is 10.7. The van der Waals surface area contributed by atoms with E-state index in [9.17, 15) is 14.9 Å². The van der Waals surface area contributed by atoms with Gasteiger partial charge >= 0.3 is 11.6 Å². The fourth-order valence-electron chi connectivity index (χ4n) is 3.19. The lowest BCUT2D eigenvalue weighted by molar-refractivity contribution is 0.0725. The highest BCUT2D eigenvalue weighted by Gasteiger charge is 2.18. The Morgan fingerprint density at radius 2 is 1.79 bits per heavy atom. The number of benzene rings is 3. The molecule has 0 aliphatic rings. The highest BCUT2D eigenvalue weighted by molar-refractivity contribution is 6.30. The van der Waals surface area contributed by atoms with Crippen molar-refractivity contribution in [1.82, 2.24) is 0 Å². The van der Waals surface area contributed by atoms with Crippen molar-refractivity contribution in [3.8, 4) is 17.6 Å². The van der Waals surface area contributed by atoms with E-state index in [2.05, 4.69) is 6.07 Å². The van der Waals surface area contributed by atoms with Crippen molar-refractivity contribution in [1.29, 1.82) is 5.26 Å². The number of hydrogen-bond acceptors (Lipinski definition) is 6. The molecule has 0 unspecified atom stereocenters. The summed E-state index contributed by atoms with van der Waals surface area (Å²) < 4.78 is 16.0. The van der Waals surface area contributed by atoms with E-state index in [0.717, 1.165) is 0 Å². The van der Waals surface area contributed by atoms with E-state index in [4.69, 9.17) is 25.5 Å². The molecule has 7 heteroatoms. The molecule has 162 valence electrons. The smallest absolute Gasteiger partial charge is 0.351 e. The summed E-state index contributed by atoms with van der Waals surface area (Å²) in [5.41, 5.74) is 1.14. The van der Waals surface area contributed by atoms with Gasteiger partial charge < -0.3 is 13.9 Å². The largest absolute Gasteiger partial charge is 0.493 e. The van der Waals surface area contributed by atoms with Crippen molar-refractivity contribution < 1.29 is 18.7 Å². The third-order valence-electron chi connectivity index (χ3n) is 4.84. The van der Waals surface area contributed by atoms with Gasteiger partial charge in [0, 0.05) is 10.4 Å². The number of hydrogen-bond donors (Lipinski definition) is 0. The molecule has 0 fully saturated rings. The second kappa shape index (κ2) is 9.43. The maximum atomic E-state index is 12.7. The Morgan fingerprint density at radius 3 is 2.52 bits per heavy atom. The van der Waals surface area contributed by atoms with Gasteiger partial charge in [0.2, 0.25) is 0 Å². The van der Waals surface area contributed by atoms with Gasteiger partial charge in [0.05, 0.1) is 18.8 Å². The van der Waals surface area contributed by atoms with Crippen molar-refractivity contribution in [2.24, 2.45) is 0 Å². The molecule has 33 heavy (non-hydrogen) atoms. The number of methoxy groups -OCH3 is 1. The number of rotatable bonds is 5. The zero-order valence-electron chi connectivity index (χ0n) is 17.4. The third-order valence-corrected chi connectivity index (χ3v) is 5.09. The molecule has 0 bridgehead atoms. The lowest BCUT2D eigenvalue weighted by Gasteiger charge is -2.10. The summed E-state index contributed by atoms with van der Waals surface area (Å²) in [4.78, 5) is 24.9. The topological polar surface area (TPSA) is 89.5 Å². The number of para-hydroxylation sites is 1. The molecule has 0 aliphatic heterocycles. The number of nitrogens with zero attached hydrogens (tertiary/aromatic N) is 1. The average molecular weight is 458 g/mol. The number of halogens is 1. The van der Waals surface area contributed by atoms with E-state index >= 15 is 0 Å². The van der Waals surface area contributed by atoms with Crippen LogP contribution in [0.15, 0.2) is 82.0 Å².